The highest BCUT2D eigenvalue weighted by atomic mass is 79.9. The SMILES string of the molecule is Br.O=C1Cc2cccnc2N1. The Morgan fingerprint density at radius 3 is 3.09 bits per heavy atom. The molecule has 1 aromatic rings. The molecule has 0 aromatic carbocycles. The molecule has 0 aliphatic carbocycles. The van der Waals surface area contributed by atoms with Gasteiger partial charge in [-0.1, -0.05) is 6.07 Å². The lowest BCUT2D eigenvalue weighted by atomic mass is 10.2. The van der Waals surface area contributed by atoms with Crippen LogP contribution in [0.4, 0.5) is 5.82 Å². The number of anilines is 1. The van der Waals surface area contributed by atoms with Gasteiger partial charge in [-0.15, -0.1) is 17.0 Å². The van der Waals surface area contributed by atoms with Gasteiger partial charge in [-0.3, -0.25) is 4.79 Å². The minimum atomic E-state index is 0. The maximum atomic E-state index is 10.7. The molecule has 1 aliphatic rings. The van der Waals surface area contributed by atoms with Crippen LogP contribution >= 0.6 is 17.0 Å². The molecule has 1 N–H and O–H groups in total. The van der Waals surface area contributed by atoms with Crippen molar-refractivity contribution in [2.45, 2.75) is 6.42 Å². The van der Waals surface area contributed by atoms with Crippen LogP contribution in [0.1, 0.15) is 5.56 Å². The molecule has 0 bridgehead atoms. The molecule has 1 aliphatic heterocycles. The highest BCUT2D eigenvalue weighted by molar-refractivity contribution is 8.93. The first-order valence-electron chi connectivity index (χ1n) is 3.10. The van der Waals surface area contributed by atoms with E-state index in [0.717, 1.165) is 5.56 Å². The molecule has 3 nitrogen and oxygen atoms in total. The average molecular weight is 215 g/mol. The van der Waals surface area contributed by atoms with Crippen molar-refractivity contribution in [1.82, 2.24) is 4.98 Å². The van der Waals surface area contributed by atoms with Crippen LogP contribution < -0.4 is 5.32 Å². The molecular formula is C7H7BrN2O. The molecule has 0 atom stereocenters. The van der Waals surface area contributed by atoms with Gasteiger partial charge >= 0.3 is 0 Å². The van der Waals surface area contributed by atoms with E-state index in [9.17, 15) is 4.79 Å². The largest absolute Gasteiger partial charge is 0.310 e. The Morgan fingerprint density at radius 1 is 1.55 bits per heavy atom. The maximum absolute atomic E-state index is 10.7. The predicted octanol–water partition coefficient (Wildman–Crippen LogP) is 1.15. The Balaban J connectivity index is 0.000000605. The number of nitrogens with one attached hydrogen (secondary N) is 1. The fourth-order valence-electron chi connectivity index (χ4n) is 1.04. The number of nitrogens with zero attached hydrogens (tertiary/aromatic N) is 1. The molecule has 1 amide bonds. The van der Waals surface area contributed by atoms with Crippen LogP contribution in [0.15, 0.2) is 18.3 Å². The molecule has 0 saturated carbocycles. The number of halogens is 1. The van der Waals surface area contributed by atoms with E-state index >= 15 is 0 Å². The summed E-state index contributed by atoms with van der Waals surface area (Å²) in [5.74, 6) is 0.751. The third-order valence-corrected chi connectivity index (χ3v) is 1.50. The van der Waals surface area contributed by atoms with Crippen LogP contribution in [0.2, 0.25) is 0 Å². The van der Waals surface area contributed by atoms with Gasteiger partial charge in [-0.25, -0.2) is 4.98 Å². The van der Waals surface area contributed by atoms with Crippen molar-refractivity contribution in [3.05, 3.63) is 23.9 Å². The van der Waals surface area contributed by atoms with Gasteiger partial charge in [0.25, 0.3) is 0 Å². The number of fused-ring (bicyclic) bond motifs is 1. The summed E-state index contributed by atoms with van der Waals surface area (Å²) in [6, 6.07) is 3.74. The Morgan fingerprint density at radius 2 is 2.36 bits per heavy atom. The number of pyridine rings is 1. The monoisotopic (exact) mass is 214 g/mol. The van der Waals surface area contributed by atoms with Crippen molar-refractivity contribution in [3.8, 4) is 0 Å². The molecule has 2 rings (SSSR count). The number of carbonyl (C=O) groups excluding carboxylic acids is 1. The van der Waals surface area contributed by atoms with Crippen LogP contribution in [-0.4, -0.2) is 10.9 Å². The Labute approximate surface area is 74.6 Å². The summed E-state index contributed by atoms with van der Waals surface area (Å²) in [5.41, 5.74) is 0.993. The Bertz CT molecular complexity index is 261. The second kappa shape index (κ2) is 3.00. The molecule has 1 aromatic heterocycles. The van der Waals surface area contributed by atoms with E-state index < -0.39 is 0 Å². The lowest BCUT2D eigenvalue weighted by Gasteiger charge is -1.91. The van der Waals surface area contributed by atoms with E-state index in [2.05, 4.69) is 10.3 Å². The number of hydrogen-bond donors (Lipinski definition) is 1. The smallest absolute Gasteiger partial charge is 0.230 e. The maximum Gasteiger partial charge on any atom is 0.230 e. The third-order valence-electron chi connectivity index (χ3n) is 1.50. The minimum absolute atomic E-state index is 0. The first-order chi connectivity index (χ1) is 4.86. The lowest BCUT2D eigenvalue weighted by molar-refractivity contribution is -0.115. The van der Waals surface area contributed by atoms with E-state index in [1.54, 1.807) is 6.20 Å². The second-order valence-corrected chi connectivity index (χ2v) is 2.24. The van der Waals surface area contributed by atoms with Crippen molar-refractivity contribution in [1.29, 1.82) is 0 Å². The van der Waals surface area contributed by atoms with Crippen molar-refractivity contribution in [3.63, 3.8) is 0 Å². The van der Waals surface area contributed by atoms with Crippen molar-refractivity contribution < 1.29 is 4.79 Å². The van der Waals surface area contributed by atoms with E-state index in [1.165, 1.54) is 0 Å². The molecule has 58 valence electrons. The van der Waals surface area contributed by atoms with Gasteiger partial charge < -0.3 is 5.32 Å². The first kappa shape index (κ1) is 8.20. The topological polar surface area (TPSA) is 42.0 Å². The summed E-state index contributed by atoms with van der Waals surface area (Å²) in [5, 5.41) is 2.65. The van der Waals surface area contributed by atoms with Crippen LogP contribution in [0.25, 0.3) is 0 Å². The number of rotatable bonds is 0. The highest BCUT2D eigenvalue weighted by Crippen LogP contribution is 2.17. The molecule has 0 unspecified atom stereocenters. The van der Waals surface area contributed by atoms with Gasteiger partial charge in [0.15, 0.2) is 0 Å². The fraction of sp³-hybridized carbons (Fsp3) is 0.143. The third kappa shape index (κ3) is 1.40. The standard InChI is InChI=1S/C7H6N2O.BrH/c10-6-4-5-2-1-3-8-7(5)9-6;/h1-3H,4H2,(H,8,9,10);1H. The summed E-state index contributed by atoms with van der Waals surface area (Å²) in [6.07, 6.45) is 2.15. The summed E-state index contributed by atoms with van der Waals surface area (Å²) < 4.78 is 0. The zero-order valence-electron chi connectivity index (χ0n) is 5.70. The zero-order valence-corrected chi connectivity index (χ0v) is 7.42. The Kier molecular flexibility index (Phi) is 2.24. The zero-order chi connectivity index (χ0) is 6.97. The second-order valence-electron chi connectivity index (χ2n) is 2.24. The number of amides is 1. The quantitative estimate of drug-likeness (QED) is 0.705. The molecular weight excluding hydrogens is 208 g/mol. The average Bonchev–Trinajstić information content (AvgIpc) is 2.27. The van der Waals surface area contributed by atoms with Gasteiger partial charge in [0.2, 0.25) is 5.91 Å². The first-order valence-corrected chi connectivity index (χ1v) is 3.10. The number of hydrogen-bond acceptors (Lipinski definition) is 2. The fourth-order valence-corrected chi connectivity index (χ4v) is 1.04. The number of carbonyl (C=O) groups is 1. The van der Waals surface area contributed by atoms with E-state index in [1.807, 2.05) is 12.1 Å². The van der Waals surface area contributed by atoms with E-state index in [0.29, 0.717) is 12.2 Å². The van der Waals surface area contributed by atoms with Crippen molar-refractivity contribution in [2.24, 2.45) is 0 Å². The Hall–Kier alpha value is -0.900. The molecule has 4 heteroatoms. The predicted molar refractivity (Wildman–Crippen MR) is 46.9 cm³/mol. The highest BCUT2D eigenvalue weighted by Gasteiger charge is 2.16. The van der Waals surface area contributed by atoms with Gasteiger partial charge in [0.05, 0.1) is 6.42 Å². The summed E-state index contributed by atoms with van der Waals surface area (Å²) >= 11 is 0. The molecule has 0 saturated heterocycles. The minimum Gasteiger partial charge on any atom is -0.310 e. The van der Waals surface area contributed by atoms with E-state index in [4.69, 9.17) is 0 Å². The van der Waals surface area contributed by atoms with Crippen LogP contribution in [-0.2, 0) is 11.2 Å². The molecule has 11 heavy (non-hydrogen) atoms. The van der Waals surface area contributed by atoms with E-state index in [-0.39, 0.29) is 22.9 Å². The lowest BCUT2D eigenvalue weighted by Crippen LogP contribution is -2.04. The van der Waals surface area contributed by atoms with Gasteiger partial charge in [-0.2, -0.15) is 0 Å². The van der Waals surface area contributed by atoms with Crippen LogP contribution in [0, 0.1) is 0 Å². The molecule has 0 spiro atoms. The van der Waals surface area contributed by atoms with Crippen molar-refractivity contribution >= 4 is 28.7 Å². The summed E-state index contributed by atoms with van der Waals surface area (Å²) in [7, 11) is 0. The van der Waals surface area contributed by atoms with Crippen molar-refractivity contribution in [2.75, 3.05) is 5.32 Å². The van der Waals surface area contributed by atoms with Crippen LogP contribution in [0.3, 0.4) is 0 Å². The van der Waals surface area contributed by atoms with Gasteiger partial charge in [0.1, 0.15) is 5.82 Å². The van der Waals surface area contributed by atoms with Crippen LogP contribution in [0.5, 0.6) is 0 Å². The molecule has 0 fully saturated rings. The molecule has 0 radical (unpaired) electrons. The van der Waals surface area contributed by atoms with Gasteiger partial charge in [0, 0.05) is 11.8 Å². The normalized spacial score (nSPS) is 13.3. The molecule has 2 heterocycles. The van der Waals surface area contributed by atoms with Gasteiger partial charge in [-0.05, 0) is 6.07 Å². The summed E-state index contributed by atoms with van der Waals surface area (Å²) in [6.45, 7) is 0. The number of aromatic nitrogens is 1. The summed E-state index contributed by atoms with van der Waals surface area (Å²) in [4.78, 5) is 14.7.